The van der Waals surface area contributed by atoms with Crippen LogP contribution in [0.2, 0.25) is 5.02 Å². The van der Waals surface area contributed by atoms with Crippen LogP contribution in [0.1, 0.15) is 48.9 Å². The lowest BCUT2D eigenvalue weighted by Gasteiger charge is -2.29. The molecule has 4 N–H and O–H groups in total. The smallest absolute Gasteiger partial charge is 0.176 e. The van der Waals surface area contributed by atoms with Gasteiger partial charge in [0.1, 0.15) is 0 Å². The van der Waals surface area contributed by atoms with Gasteiger partial charge < -0.3 is 20.9 Å². The minimum Gasteiger partial charge on any atom is -0.503 e. The van der Waals surface area contributed by atoms with Gasteiger partial charge in [-0.05, 0) is 73.9 Å². The Hall–Kier alpha value is -2.83. The van der Waals surface area contributed by atoms with Gasteiger partial charge in [-0.15, -0.1) is 0 Å². The molecule has 0 atom stereocenters. The van der Waals surface area contributed by atoms with E-state index in [4.69, 9.17) is 22.1 Å². The van der Waals surface area contributed by atoms with Gasteiger partial charge in [0.15, 0.2) is 17.3 Å². The summed E-state index contributed by atoms with van der Waals surface area (Å²) in [6.45, 7) is 0. The molecule has 2 aromatic carbocycles. The molecule has 7 heteroatoms. The maximum absolute atomic E-state index is 13.1. The number of phenols is 1. The quantitative estimate of drug-likeness (QED) is 0.413. The number of rotatable bonds is 6. The van der Waals surface area contributed by atoms with E-state index in [0.717, 1.165) is 66.2 Å². The predicted molar refractivity (Wildman–Crippen MR) is 131 cm³/mol. The van der Waals surface area contributed by atoms with Gasteiger partial charge >= 0.3 is 0 Å². The second kappa shape index (κ2) is 8.84. The minimum absolute atomic E-state index is 0.0828. The van der Waals surface area contributed by atoms with Crippen LogP contribution in [0.25, 0.3) is 22.0 Å². The molecule has 0 bridgehead atoms. The third-order valence-electron chi connectivity index (χ3n) is 6.78. The fourth-order valence-electron chi connectivity index (χ4n) is 4.64. The molecule has 5 rings (SSSR count). The van der Waals surface area contributed by atoms with Crippen LogP contribution < -0.4 is 15.8 Å². The van der Waals surface area contributed by atoms with Crippen molar-refractivity contribution < 1.29 is 14.6 Å². The number of aromatic hydroxyl groups is 1. The number of Topliss-reactive ketones (excluding diaryl/α,β-unsaturated/α-hetero) is 1. The molecule has 33 heavy (non-hydrogen) atoms. The lowest BCUT2D eigenvalue weighted by molar-refractivity contribution is 0.0968. The summed E-state index contributed by atoms with van der Waals surface area (Å²) >= 11 is 6.24. The number of phenolic OH excluding ortho intramolecular Hbond substituents is 1. The Kier molecular flexibility index (Phi) is 5.89. The van der Waals surface area contributed by atoms with Crippen molar-refractivity contribution in [3.05, 3.63) is 47.1 Å². The first-order valence-electron chi connectivity index (χ1n) is 11.5. The summed E-state index contributed by atoms with van der Waals surface area (Å²) in [6.07, 6.45) is 7.52. The Balaban J connectivity index is 1.62. The number of hydrogen-bond acceptors (Lipinski definition) is 6. The number of fused-ring (bicyclic) bond motifs is 1. The van der Waals surface area contributed by atoms with Gasteiger partial charge in [0.05, 0.1) is 28.9 Å². The number of methoxy groups -OCH3 is 1. The maximum Gasteiger partial charge on any atom is 0.176 e. The van der Waals surface area contributed by atoms with Crippen molar-refractivity contribution in [3.8, 4) is 22.6 Å². The predicted octanol–water partition coefficient (Wildman–Crippen LogP) is 5.54. The van der Waals surface area contributed by atoms with Crippen molar-refractivity contribution in [3.63, 3.8) is 0 Å². The molecule has 0 saturated heterocycles. The van der Waals surface area contributed by atoms with Crippen LogP contribution >= 0.6 is 11.6 Å². The Morgan fingerprint density at radius 3 is 2.58 bits per heavy atom. The fraction of sp³-hybridized carbons (Fsp3) is 0.385. The Morgan fingerprint density at radius 2 is 1.88 bits per heavy atom. The molecule has 0 spiro atoms. The van der Waals surface area contributed by atoms with Crippen molar-refractivity contribution in [2.45, 2.75) is 50.6 Å². The Bertz CT molecular complexity index is 1220. The van der Waals surface area contributed by atoms with E-state index in [2.05, 4.69) is 10.3 Å². The molecule has 0 amide bonds. The first-order chi connectivity index (χ1) is 15.9. The second-order valence-electron chi connectivity index (χ2n) is 9.18. The summed E-state index contributed by atoms with van der Waals surface area (Å²) in [5.74, 6) is 0.498. The van der Waals surface area contributed by atoms with E-state index < -0.39 is 0 Å². The molecular weight excluding hydrogens is 438 g/mol. The number of carbonyl (C=O) groups is 1. The van der Waals surface area contributed by atoms with E-state index in [9.17, 15) is 9.90 Å². The molecule has 172 valence electrons. The molecule has 0 radical (unpaired) electrons. The number of halogens is 1. The summed E-state index contributed by atoms with van der Waals surface area (Å²) in [6, 6.07) is 9.94. The molecule has 0 aliphatic heterocycles. The van der Waals surface area contributed by atoms with E-state index >= 15 is 0 Å². The van der Waals surface area contributed by atoms with E-state index in [-0.39, 0.29) is 34.6 Å². The Morgan fingerprint density at radius 1 is 1.12 bits per heavy atom. The maximum atomic E-state index is 13.1. The lowest BCUT2D eigenvalue weighted by Crippen LogP contribution is -2.33. The van der Waals surface area contributed by atoms with Crippen molar-refractivity contribution >= 4 is 34.0 Å². The van der Waals surface area contributed by atoms with Gasteiger partial charge in [-0.1, -0.05) is 17.7 Å². The van der Waals surface area contributed by atoms with E-state index in [1.807, 2.05) is 18.2 Å². The topological polar surface area (TPSA) is 97.5 Å². The van der Waals surface area contributed by atoms with E-state index in [1.165, 1.54) is 7.11 Å². The van der Waals surface area contributed by atoms with Crippen LogP contribution in [-0.4, -0.2) is 35.1 Å². The number of anilines is 1. The van der Waals surface area contributed by atoms with Crippen LogP contribution in [0.3, 0.4) is 0 Å². The molecule has 2 aliphatic rings. The van der Waals surface area contributed by atoms with E-state index in [0.29, 0.717) is 11.3 Å². The van der Waals surface area contributed by atoms with Crippen LogP contribution in [0.4, 0.5) is 5.69 Å². The molecule has 2 saturated carbocycles. The lowest BCUT2D eigenvalue weighted by atomic mass is 9.91. The highest BCUT2D eigenvalue weighted by molar-refractivity contribution is 6.32. The molecule has 6 nitrogen and oxygen atoms in total. The van der Waals surface area contributed by atoms with Crippen LogP contribution in [0.15, 0.2) is 36.5 Å². The van der Waals surface area contributed by atoms with Crippen LogP contribution in [-0.2, 0) is 0 Å². The number of nitrogens with one attached hydrogen (secondary N) is 1. The number of benzene rings is 2. The van der Waals surface area contributed by atoms with Gasteiger partial charge in [0.25, 0.3) is 0 Å². The zero-order valence-corrected chi connectivity index (χ0v) is 19.4. The molecule has 0 unspecified atom stereocenters. The third-order valence-corrected chi connectivity index (χ3v) is 7.07. The number of ketones is 1. The van der Waals surface area contributed by atoms with Crippen LogP contribution in [0.5, 0.6) is 11.5 Å². The molecule has 1 heterocycles. The highest BCUT2D eigenvalue weighted by Crippen LogP contribution is 2.41. The Labute approximate surface area is 198 Å². The fourth-order valence-corrected chi connectivity index (χ4v) is 4.85. The van der Waals surface area contributed by atoms with Gasteiger partial charge in [-0.2, -0.15) is 0 Å². The molecular formula is C26H28ClN3O3. The number of carbonyl (C=O) groups excluding carboxylic acids is 1. The SMILES string of the molecule is COc1cc(-c2ccc3ncc(C(=O)C4CC4)c(N[C@H]4CC[C@@H](N)CC4)c3c2)cc(Cl)c1O. The standard InChI is InChI=1S/C26H28ClN3O3/c1-33-23-12-16(11-21(27)26(23)32)15-4-9-22-19(10-15)24(30-18-7-5-17(28)6-8-18)20(13-29-22)25(31)14-2-3-14/h4,9-14,17-18,32H,2-3,5-8,28H2,1H3,(H,29,30)/t17-,18+. The second-order valence-corrected chi connectivity index (χ2v) is 9.59. The normalized spacial score (nSPS) is 20.6. The number of nitrogens with two attached hydrogens (primary N) is 1. The highest BCUT2D eigenvalue weighted by atomic mass is 35.5. The zero-order valence-electron chi connectivity index (χ0n) is 18.6. The average Bonchev–Trinajstić information content (AvgIpc) is 3.67. The van der Waals surface area contributed by atoms with Crippen molar-refractivity contribution in [2.24, 2.45) is 11.7 Å². The third kappa shape index (κ3) is 4.37. The largest absolute Gasteiger partial charge is 0.503 e. The van der Waals surface area contributed by atoms with Crippen molar-refractivity contribution in [1.29, 1.82) is 0 Å². The average molecular weight is 466 g/mol. The van der Waals surface area contributed by atoms with Crippen molar-refractivity contribution in [1.82, 2.24) is 4.98 Å². The summed E-state index contributed by atoms with van der Waals surface area (Å²) in [5.41, 5.74) is 10.2. The molecule has 2 fully saturated rings. The first kappa shape index (κ1) is 22.0. The van der Waals surface area contributed by atoms with Gasteiger partial charge in [-0.3, -0.25) is 9.78 Å². The number of pyridine rings is 1. The number of hydrogen-bond donors (Lipinski definition) is 3. The summed E-state index contributed by atoms with van der Waals surface area (Å²) in [7, 11) is 1.49. The highest BCUT2D eigenvalue weighted by Gasteiger charge is 2.33. The number of aromatic nitrogens is 1. The zero-order chi connectivity index (χ0) is 23.1. The minimum atomic E-state index is -0.0828. The number of ether oxygens (including phenoxy) is 1. The number of nitrogens with zero attached hydrogens (tertiary/aromatic N) is 1. The van der Waals surface area contributed by atoms with Crippen LogP contribution in [0, 0.1) is 5.92 Å². The summed E-state index contributed by atoms with van der Waals surface area (Å²) in [5, 5.41) is 14.9. The molecule has 3 aromatic rings. The first-order valence-corrected chi connectivity index (χ1v) is 11.9. The van der Waals surface area contributed by atoms with Crippen molar-refractivity contribution in [2.75, 3.05) is 12.4 Å². The van der Waals surface area contributed by atoms with E-state index in [1.54, 1.807) is 18.3 Å². The van der Waals surface area contributed by atoms with Gasteiger partial charge in [0.2, 0.25) is 0 Å². The van der Waals surface area contributed by atoms with Gasteiger partial charge in [0, 0.05) is 29.6 Å². The van der Waals surface area contributed by atoms with Gasteiger partial charge in [-0.25, -0.2) is 0 Å². The summed E-state index contributed by atoms with van der Waals surface area (Å²) in [4.78, 5) is 17.7. The molecule has 2 aliphatic carbocycles. The molecule has 1 aromatic heterocycles. The summed E-state index contributed by atoms with van der Waals surface area (Å²) < 4.78 is 5.28. The monoisotopic (exact) mass is 465 g/mol.